The standard InChI is InChI=1S/C34H28N2O3S/c1-20-16-17-25(22-11-5-4-10-21(20)22)29-19-40-32(35-29)36-30(37)33(2)18-26-23-12-6-8-14-27(23)34(33,31(38)39-3)28-15-9-7-13-24(26)28/h4-17,19,26H,18H2,1-3H3,(H,35,36,37). The van der Waals surface area contributed by atoms with E-state index in [0.29, 0.717) is 11.6 Å². The van der Waals surface area contributed by atoms with Crippen molar-refractivity contribution >= 4 is 39.1 Å². The lowest BCUT2D eigenvalue weighted by atomic mass is 9.44. The van der Waals surface area contributed by atoms with Crippen molar-refractivity contribution in [2.24, 2.45) is 5.41 Å². The molecule has 3 aliphatic rings. The summed E-state index contributed by atoms with van der Waals surface area (Å²) in [5, 5.41) is 7.90. The van der Waals surface area contributed by atoms with E-state index in [1.54, 1.807) is 0 Å². The molecule has 1 amide bonds. The van der Waals surface area contributed by atoms with Crippen molar-refractivity contribution in [1.29, 1.82) is 0 Å². The summed E-state index contributed by atoms with van der Waals surface area (Å²) in [4.78, 5) is 33.2. The number of aryl methyl sites for hydroxylation is 1. The second-order valence-electron chi connectivity index (χ2n) is 11.0. The van der Waals surface area contributed by atoms with Gasteiger partial charge in [0.05, 0.1) is 18.2 Å². The SMILES string of the molecule is COC(=O)C12c3ccccc3C(CC1(C)C(=O)Nc1nc(-c3ccc(C)c4ccccc34)cs1)c1ccccc12. The van der Waals surface area contributed by atoms with Gasteiger partial charge in [-0.1, -0.05) is 84.9 Å². The second kappa shape index (κ2) is 8.86. The van der Waals surface area contributed by atoms with Crippen LogP contribution in [-0.4, -0.2) is 24.0 Å². The Balaban J connectivity index is 1.32. The van der Waals surface area contributed by atoms with E-state index in [1.165, 1.54) is 29.4 Å². The van der Waals surface area contributed by atoms with Crippen LogP contribution in [0, 0.1) is 12.3 Å². The average Bonchev–Trinajstić information content (AvgIpc) is 3.45. The fourth-order valence-electron chi connectivity index (χ4n) is 7.20. The number of aromatic nitrogens is 1. The van der Waals surface area contributed by atoms with Gasteiger partial charge in [0, 0.05) is 16.9 Å². The van der Waals surface area contributed by atoms with Crippen LogP contribution in [0.2, 0.25) is 0 Å². The first-order chi connectivity index (χ1) is 19.4. The van der Waals surface area contributed by atoms with Crippen molar-refractivity contribution in [3.63, 3.8) is 0 Å². The van der Waals surface area contributed by atoms with Gasteiger partial charge in [0.1, 0.15) is 5.41 Å². The lowest BCUT2D eigenvalue weighted by Crippen LogP contribution is -2.62. The average molecular weight is 545 g/mol. The number of nitrogens with zero attached hydrogens (tertiary/aromatic N) is 1. The van der Waals surface area contributed by atoms with E-state index in [0.717, 1.165) is 38.9 Å². The van der Waals surface area contributed by atoms with Crippen LogP contribution in [0.5, 0.6) is 0 Å². The van der Waals surface area contributed by atoms with Gasteiger partial charge in [0.15, 0.2) is 5.13 Å². The molecular formula is C34H28N2O3S. The predicted molar refractivity (Wildman–Crippen MR) is 159 cm³/mol. The fraction of sp³-hybridized carbons (Fsp3) is 0.206. The first-order valence-corrected chi connectivity index (χ1v) is 14.3. The lowest BCUT2D eigenvalue weighted by Gasteiger charge is -2.56. The number of methoxy groups -OCH3 is 1. The maximum atomic E-state index is 14.4. The molecule has 0 aliphatic heterocycles. The second-order valence-corrected chi connectivity index (χ2v) is 11.8. The van der Waals surface area contributed by atoms with E-state index in [2.05, 4.69) is 48.6 Å². The number of nitrogens with one attached hydrogen (secondary N) is 1. The van der Waals surface area contributed by atoms with Gasteiger partial charge in [-0.2, -0.15) is 0 Å². The Morgan fingerprint density at radius 1 is 0.900 bits per heavy atom. The van der Waals surface area contributed by atoms with Crippen LogP contribution >= 0.6 is 11.3 Å². The van der Waals surface area contributed by atoms with Crippen molar-refractivity contribution < 1.29 is 14.3 Å². The van der Waals surface area contributed by atoms with Crippen molar-refractivity contribution in [2.75, 3.05) is 12.4 Å². The number of fused-ring (bicyclic) bond motifs is 2. The van der Waals surface area contributed by atoms with Crippen LogP contribution in [0.1, 0.15) is 47.1 Å². The summed E-state index contributed by atoms with van der Waals surface area (Å²) in [6, 6.07) is 28.4. The Bertz CT molecular complexity index is 1790. The highest BCUT2D eigenvalue weighted by atomic mass is 32.1. The molecule has 1 heterocycles. The number of benzene rings is 4. The molecule has 1 aromatic heterocycles. The van der Waals surface area contributed by atoms with Gasteiger partial charge in [0.25, 0.3) is 0 Å². The molecule has 5 nitrogen and oxygen atoms in total. The van der Waals surface area contributed by atoms with Crippen molar-refractivity contribution in [3.8, 4) is 11.3 Å². The van der Waals surface area contributed by atoms with Crippen molar-refractivity contribution in [3.05, 3.63) is 118 Å². The summed E-state index contributed by atoms with van der Waals surface area (Å²) in [6.07, 6.45) is 0.489. The Kier molecular flexibility index (Phi) is 5.48. The highest BCUT2D eigenvalue weighted by Gasteiger charge is 2.68. The highest BCUT2D eigenvalue weighted by Crippen LogP contribution is 2.65. The molecule has 1 unspecified atom stereocenters. The largest absolute Gasteiger partial charge is 0.468 e. The third kappa shape index (κ3) is 3.17. The Labute approximate surface area is 236 Å². The molecule has 0 radical (unpaired) electrons. The zero-order valence-corrected chi connectivity index (χ0v) is 23.3. The number of thiazole rings is 1. The van der Waals surface area contributed by atoms with E-state index < -0.39 is 16.8 Å². The van der Waals surface area contributed by atoms with E-state index >= 15 is 0 Å². The molecule has 0 saturated heterocycles. The van der Waals surface area contributed by atoms with E-state index in [4.69, 9.17) is 9.72 Å². The molecule has 5 aromatic rings. The molecule has 3 aliphatic carbocycles. The monoisotopic (exact) mass is 544 g/mol. The molecule has 0 fully saturated rings. The number of carbonyl (C=O) groups is 2. The number of esters is 1. The number of hydrogen-bond donors (Lipinski definition) is 1. The van der Waals surface area contributed by atoms with Crippen molar-refractivity contribution in [1.82, 2.24) is 4.98 Å². The third-order valence-electron chi connectivity index (χ3n) is 9.06. The van der Waals surface area contributed by atoms with Gasteiger partial charge in [-0.15, -0.1) is 11.3 Å². The number of rotatable bonds is 4. The Hall–Kier alpha value is -4.29. The molecule has 6 heteroatoms. The predicted octanol–water partition coefficient (Wildman–Crippen LogP) is 7.22. The summed E-state index contributed by atoms with van der Waals surface area (Å²) in [6.45, 7) is 4.00. The number of amides is 1. The summed E-state index contributed by atoms with van der Waals surface area (Å²) in [5.41, 5.74) is 4.52. The molecule has 4 aromatic carbocycles. The Morgan fingerprint density at radius 3 is 2.20 bits per heavy atom. The normalized spacial score (nSPS) is 22.4. The zero-order valence-electron chi connectivity index (χ0n) is 22.5. The van der Waals surface area contributed by atoms with Gasteiger partial charge in [-0.3, -0.25) is 9.59 Å². The van der Waals surface area contributed by atoms with E-state index in [9.17, 15) is 9.59 Å². The van der Waals surface area contributed by atoms with Crippen LogP contribution in [-0.2, 0) is 19.7 Å². The molecular weight excluding hydrogens is 516 g/mol. The summed E-state index contributed by atoms with van der Waals surface area (Å²) in [5.74, 6) is -0.656. The van der Waals surface area contributed by atoms with Crippen LogP contribution in [0.3, 0.4) is 0 Å². The molecule has 0 spiro atoms. The van der Waals surface area contributed by atoms with E-state index in [-0.39, 0.29) is 11.8 Å². The quantitative estimate of drug-likeness (QED) is 0.243. The number of ether oxygens (including phenoxy) is 1. The number of carbonyl (C=O) groups excluding carboxylic acids is 2. The number of anilines is 1. The van der Waals surface area contributed by atoms with Gasteiger partial charge in [-0.05, 0) is 58.9 Å². The minimum absolute atomic E-state index is 0.000426. The molecule has 198 valence electrons. The highest BCUT2D eigenvalue weighted by molar-refractivity contribution is 7.14. The first kappa shape index (κ1) is 24.7. The third-order valence-corrected chi connectivity index (χ3v) is 9.81. The molecule has 8 rings (SSSR count). The summed E-state index contributed by atoms with van der Waals surface area (Å²) in [7, 11) is 1.40. The smallest absolute Gasteiger partial charge is 0.321 e. The maximum Gasteiger partial charge on any atom is 0.321 e. The van der Waals surface area contributed by atoms with E-state index in [1.807, 2.05) is 60.8 Å². The Morgan fingerprint density at radius 2 is 1.52 bits per heavy atom. The van der Waals surface area contributed by atoms with Crippen LogP contribution in [0.4, 0.5) is 5.13 Å². The van der Waals surface area contributed by atoms with Gasteiger partial charge < -0.3 is 10.1 Å². The topological polar surface area (TPSA) is 68.3 Å². The summed E-state index contributed by atoms with van der Waals surface area (Å²) < 4.78 is 5.50. The number of hydrogen-bond acceptors (Lipinski definition) is 5. The summed E-state index contributed by atoms with van der Waals surface area (Å²) >= 11 is 1.39. The fourth-order valence-corrected chi connectivity index (χ4v) is 7.90. The minimum Gasteiger partial charge on any atom is -0.468 e. The molecule has 40 heavy (non-hydrogen) atoms. The maximum absolute atomic E-state index is 14.4. The van der Waals surface area contributed by atoms with Crippen LogP contribution in [0.15, 0.2) is 90.3 Å². The molecule has 1 atom stereocenters. The molecule has 1 N–H and O–H groups in total. The lowest BCUT2D eigenvalue weighted by molar-refractivity contribution is -0.156. The van der Waals surface area contributed by atoms with Crippen molar-refractivity contribution in [2.45, 2.75) is 31.6 Å². The van der Waals surface area contributed by atoms with Gasteiger partial charge in [0.2, 0.25) is 5.91 Å². The van der Waals surface area contributed by atoms with Crippen LogP contribution in [0.25, 0.3) is 22.0 Å². The zero-order chi connectivity index (χ0) is 27.6. The van der Waals surface area contributed by atoms with Gasteiger partial charge in [-0.25, -0.2) is 4.98 Å². The molecule has 0 saturated carbocycles. The van der Waals surface area contributed by atoms with Gasteiger partial charge >= 0.3 is 5.97 Å². The first-order valence-electron chi connectivity index (χ1n) is 13.4. The van der Waals surface area contributed by atoms with Crippen LogP contribution < -0.4 is 5.32 Å². The minimum atomic E-state index is -1.28. The molecule has 2 bridgehead atoms.